The number of hydrogen-bond donors (Lipinski definition) is 0. The highest BCUT2D eigenvalue weighted by Crippen LogP contribution is 2.41. The zero-order chi connectivity index (χ0) is 10.7. The number of aromatic nitrogens is 1. The molecule has 0 saturated heterocycles. The molecule has 81 valence electrons. The summed E-state index contributed by atoms with van der Waals surface area (Å²) in [5, 5.41) is 0. The molecule has 0 aliphatic heterocycles. The molecular weight excluding hydrogens is 182 g/mol. The van der Waals surface area contributed by atoms with Crippen molar-refractivity contribution in [3.8, 4) is 0 Å². The molecule has 0 aromatic carbocycles. The number of nitrogens with zero attached hydrogens (tertiary/aromatic N) is 1. The average molecular weight is 202 g/mol. The van der Waals surface area contributed by atoms with E-state index in [1.54, 1.807) is 5.92 Å². The Bertz CT molecular complexity index is 291. The molecule has 1 saturated carbocycles. The second kappa shape index (κ2) is 4.78. The Kier molecular flexibility index (Phi) is 3.40. The molecular formula is C14H20N. The fourth-order valence-corrected chi connectivity index (χ4v) is 2.82. The monoisotopic (exact) mass is 202 g/mol. The van der Waals surface area contributed by atoms with Gasteiger partial charge in [-0.3, -0.25) is 4.98 Å². The van der Waals surface area contributed by atoms with Crippen molar-refractivity contribution in [3.63, 3.8) is 0 Å². The Balaban J connectivity index is 2.18. The highest BCUT2D eigenvalue weighted by atomic mass is 14.6. The summed E-state index contributed by atoms with van der Waals surface area (Å²) in [5.41, 5.74) is 1.43. The lowest BCUT2D eigenvalue weighted by atomic mass is 9.71. The van der Waals surface area contributed by atoms with Gasteiger partial charge in [0, 0.05) is 12.4 Å². The van der Waals surface area contributed by atoms with Crippen molar-refractivity contribution in [2.24, 2.45) is 5.92 Å². The Morgan fingerprint density at radius 3 is 2.73 bits per heavy atom. The van der Waals surface area contributed by atoms with Crippen molar-refractivity contribution in [3.05, 3.63) is 36.0 Å². The zero-order valence-corrected chi connectivity index (χ0v) is 9.74. The largest absolute Gasteiger partial charge is 0.264 e. The quantitative estimate of drug-likeness (QED) is 0.707. The Morgan fingerprint density at radius 1 is 1.27 bits per heavy atom. The summed E-state index contributed by atoms with van der Waals surface area (Å²) in [4.78, 5) is 4.24. The third kappa shape index (κ3) is 2.39. The molecule has 0 unspecified atom stereocenters. The Morgan fingerprint density at radius 2 is 2.07 bits per heavy atom. The number of pyridine rings is 1. The van der Waals surface area contributed by atoms with Crippen LogP contribution in [0.5, 0.6) is 0 Å². The fraction of sp³-hybridized carbons (Fsp3) is 0.571. The van der Waals surface area contributed by atoms with Gasteiger partial charge in [-0.25, -0.2) is 0 Å². The van der Waals surface area contributed by atoms with Gasteiger partial charge in [0.15, 0.2) is 0 Å². The van der Waals surface area contributed by atoms with Crippen molar-refractivity contribution >= 4 is 0 Å². The minimum Gasteiger partial charge on any atom is -0.264 e. The molecule has 1 aliphatic carbocycles. The third-order valence-electron chi connectivity index (χ3n) is 3.62. The van der Waals surface area contributed by atoms with Crippen LogP contribution in [0.4, 0.5) is 0 Å². The topological polar surface area (TPSA) is 12.9 Å². The maximum absolute atomic E-state index is 4.24. The summed E-state index contributed by atoms with van der Waals surface area (Å²) in [5.74, 6) is 3.09. The molecule has 1 radical (unpaired) electrons. The lowest BCUT2D eigenvalue weighted by Gasteiger charge is -2.34. The van der Waals surface area contributed by atoms with E-state index in [9.17, 15) is 0 Å². The first kappa shape index (κ1) is 10.7. The van der Waals surface area contributed by atoms with Gasteiger partial charge in [-0.05, 0) is 42.2 Å². The molecule has 2 rings (SSSR count). The highest BCUT2D eigenvalue weighted by molar-refractivity contribution is 5.19. The molecule has 2 atom stereocenters. The van der Waals surface area contributed by atoms with Gasteiger partial charge in [0.25, 0.3) is 0 Å². The molecule has 0 N–H and O–H groups in total. The average Bonchev–Trinajstić information content (AvgIpc) is 2.30. The van der Waals surface area contributed by atoms with Crippen molar-refractivity contribution in [2.75, 3.05) is 0 Å². The second-order valence-electron chi connectivity index (χ2n) is 4.86. The summed E-state index contributed by atoms with van der Waals surface area (Å²) in [6.07, 6.45) is 9.38. The van der Waals surface area contributed by atoms with Crippen molar-refractivity contribution in [1.29, 1.82) is 0 Å². The van der Waals surface area contributed by atoms with Crippen molar-refractivity contribution in [2.45, 2.75) is 45.4 Å². The van der Waals surface area contributed by atoms with Crippen LogP contribution in [0.3, 0.4) is 0 Å². The van der Waals surface area contributed by atoms with E-state index in [-0.39, 0.29) is 0 Å². The van der Waals surface area contributed by atoms with Crippen LogP contribution in [0.1, 0.15) is 51.0 Å². The van der Waals surface area contributed by atoms with Crippen LogP contribution in [-0.2, 0) is 0 Å². The molecule has 0 amide bonds. The summed E-state index contributed by atoms with van der Waals surface area (Å²) in [6, 6.07) is 4.30. The standard InChI is InChI=1S/C14H20N/c1-11(2)13-7-3-4-8-14(13)12-6-5-9-15-10-12/h5-6,9-10,13-14H,3-4,7-8H2,1-2H3/t13-,14-/m0/s1. The van der Waals surface area contributed by atoms with Gasteiger partial charge in [0.2, 0.25) is 0 Å². The molecule has 1 aliphatic rings. The van der Waals surface area contributed by atoms with Gasteiger partial charge >= 0.3 is 0 Å². The van der Waals surface area contributed by atoms with Gasteiger partial charge < -0.3 is 0 Å². The molecule has 0 bridgehead atoms. The molecule has 1 aromatic rings. The first-order valence-corrected chi connectivity index (χ1v) is 5.99. The molecule has 15 heavy (non-hydrogen) atoms. The van der Waals surface area contributed by atoms with E-state index in [0.29, 0.717) is 0 Å². The maximum atomic E-state index is 4.24. The molecule has 1 heteroatoms. The first-order chi connectivity index (χ1) is 7.29. The Hall–Kier alpha value is -0.850. The summed E-state index contributed by atoms with van der Waals surface area (Å²) < 4.78 is 0. The summed E-state index contributed by atoms with van der Waals surface area (Å²) in [6.45, 7) is 4.55. The van der Waals surface area contributed by atoms with Gasteiger partial charge in [-0.15, -0.1) is 0 Å². The van der Waals surface area contributed by atoms with Crippen LogP contribution < -0.4 is 0 Å². The predicted octanol–water partition coefficient (Wildman–Crippen LogP) is 3.97. The first-order valence-electron chi connectivity index (χ1n) is 5.99. The van der Waals surface area contributed by atoms with Crippen LogP contribution in [0.2, 0.25) is 0 Å². The van der Waals surface area contributed by atoms with E-state index >= 15 is 0 Å². The minimum atomic E-state index is 0.720. The Labute approximate surface area is 92.9 Å². The fourth-order valence-electron chi connectivity index (χ4n) is 2.82. The van der Waals surface area contributed by atoms with Crippen LogP contribution in [-0.4, -0.2) is 4.98 Å². The molecule has 0 spiro atoms. The van der Waals surface area contributed by atoms with Gasteiger partial charge in [-0.2, -0.15) is 0 Å². The van der Waals surface area contributed by atoms with Crippen LogP contribution in [0.25, 0.3) is 0 Å². The molecule has 1 heterocycles. The molecule has 1 nitrogen and oxygen atoms in total. The van der Waals surface area contributed by atoms with Gasteiger partial charge in [0.1, 0.15) is 0 Å². The lowest BCUT2D eigenvalue weighted by Crippen LogP contribution is -2.21. The van der Waals surface area contributed by atoms with E-state index in [1.165, 1.54) is 31.2 Å². The maximum Gasteiger partial charge on any atom is 0.0302 e. The summed E-state index contributed by atoms with van der Waals surface area (Å²) >= 11 is 0. The van der Waals surface area contributed by atoms with Crippen LogP contribution in [0.15, 0.2) is 24.5 Å². The van der Waals surface area contributed by atoms with Crippen LogP contribution >= 0.6 is 0 Å². The normalized spacial score (nSPS) is 26.9. The molecule has 1 aromatic heterocycles. The van der Waals surface area contributed by atoms with Crippen molar-refractivity contribution in [1.82, 2.24) is 4.98 Å². The smallest absolute Gasteiger partial charge is 0.0302 e. The minimum absolute atomic E-state index is 0.720. The predicted molar refractivity (Wildman–Crippen MR) is 63.5 cm³/mol. The van der Waals surface area contributed by atoms with Gasteiger partial charge in [-0.1, -0.05) is 32.8 Å². The lowest BCUT2D eigenvalue weighted by molar-refractivity contribution is 0.320. The number of rotatable bonds is 2. The summed E-state index contributed by atoms with van der Waals surface area (Å²) in [7, 11) is 0. The van der Waals surface area contributed by atoms with E-state index in [0.717, 1.165) is 11.8 Å². The molecule has 1 fully saturated rings. The van der Waals surface area contributed by atoms with E-state index in [2.05, 4.69) is 31.0 Å². The third-order valence-corrected chi connectivity index (χ3v) is 3.62. The van der Waals surface area contributed by atoms with E-state index in [4.69, 9.17) is 0 Å². The van der Waals surface area contributed by atoms with Crippen molar-refractivity contribution < 1.29 is 0 Å². The van der Waals surface area contributed by atoms with E-state index < -0.39 is 0 Å². The van der Waals surface area contributed by atoms with Gasteiger partial charge in [0.05, 0.1) is 0 Å². The van der Waals surface area contributed by atoms with E-state index in [1.807, 2.05) is 12.4 Å². The second-order valence-corrected chi connectivity index (χ2v) is 4.86. The highest BCUT2D eigenvalue weighted by Gasteiger charge is 2.28. The van der Waals surface area contributed by atoms with Crippen LogP contribution in [0, 0.1) is 11.8 Å². The number of hydrogen-bond acceptors (Lipinski definition) is 1. The SMILES string of the molecule is C[C](C)[C@@H]1CCCC[C@H]1c1cccnc1. The zero-order valence-electron chi connectivity index (χ0n) is 9.74.